The summed E-state index contributed by atoms with van der Waals surface area (Å²) in [6.07, 6.45) is 4.29. The zero-order chi connectivity index (χ0) is 20.2. The summed E-state index contributed by atoms with van der Waals surface area (Å²) in [5.74, 6) is -0.100. The van der Waals surface area contributed by atoms with Gasteiger partial charge in [-0.2, -0.15) is 10.5 Å². The van der Waals surface area contributed by atoms with Crippen molar-refractivity contribution in [1.29, 1.82) is 10.5 Å². The fraction of sp³-hybridized carbons (Fsp3) is 0.286. The highest BCUT2D eigenvalue weighted by Gasteiger charge is 2.23. The second-order valence-electron chi connectivity index (χ2n) is 6.81. The quantitative estimate of drug-likeness (QED) is 0.415. The van der Waals surface area contributed by atoms with Crippen molar-refractivity contribution in [2.24, 2.45) is 5.41 Å². The Hall–Kier alpha value is -2.34. The standard InChI is InChI=1S/C21H19BrClN3O/c1-14-19(18(27)11-22)20(23)17(5-4-10-21(2,3)13-25)26(14)16-8-6-15(12-24)7-9-16/h4-9H,10-11H2,1-3H3. The molecule has 2 aromatic rings. The molecule has 1 aromatic carbocycles. The Labute approximate surface area is 172 Å². The molecule has 138 valence electrons. The number of alkyl halides is 1. The number of ketones is 1. The van der Waals surface area contributed by atoms with Crippen molar-refractivity contribution < 1.29 is 4.79 Å². The average Bonchev–Trinajstić information content (AvgIpc) is 2.91. The summed E-state index contributed by atoms with van der Waals surface area (Å²) in [6, 6.07) is 11.4. The number of carbonyl (C=O) groups excluding carboxylic acids is 1. The van der Waals surface area contributed by atoms with E-state index in [1.807, 2.05) is 49.6 Å². The van der Waals surface area contributed by atoms with Gasteiger partial charge in [-0.25, -0.2) is 0 Å². The van der Waals surface area contributed by atoms with E-state index in [0.717, 1.165) is 11.4 Å². The molecule has 0 aliphatic rings. The number of hydrogen-bond donors (Lipinski definition) is 0. The van der Waals surface area contributed by atoms with E-state index in [1.165, 1.54) is 0 Å². The predicted molar refractivity (Wildman–Crippen MR) is 111 cm³/mol. The van der Waals surface area contributed by atoms with Crippen LogP contribution < -0.4 is 0 Å². The molecule has 0 N–H and O–H groups in total. The van der Waals surface area contributed by atoms with Gasteiger partial charge >= 0.3 is 0 Å². The maximum atomic E-state index is 12.4. The Bertz CT molecular complexity index is 973. The molecule has 0 aliphatic carbocycles. The maximum Gasteiger partial charge on any atom is 0.176 e. The second kappa shape index (κ2) is 8.57. The van der Waals surface area contributed by atoms with Crippen molar-refractivity contribution in [3.8, 4) is 17.8 Å². The summed E-state index contributed by atoms with van der Waals surface area (Å²) in [6.45, 7) is 5.57. The number of aromatic nitrogens is 1. The van der Waals surface area contributed by atoms with Gasteiger partial charge in [0.15, 0.2) is 5.78 Å². The number of halogens is 2. The highest BCUT2D eigenvalue weighted by Crippen LogP contribution is 2.33. The second-order valence-corrected chi connectivity index (χ2v) is 7.75. The lowest BCUT2D eigenvalue weighted by Gasteiger charge is -2.12. The van der Waals surface area contributed by atoms with Crippen molar-refractivity contribution in [2.45, 2.75) is 27.2 Å². The third-order valence-corrected chi connectivity index (χ3v) is 5.14. The van der Waals surface area contributed by atoms with Crippen LogP contribution in [-0.4, -0.2) is 15.7 Å². The van der Waals surface area contributed by atoms with E-state index in [9.17, 15) is 10.1 Å². The summed E-state index contributed by atoms with van der Waals surface area (Å²) >= 11 is 9.78. The molecule has 0 saturated heterocycles. The molecule has 0 bridgehead atoms. The van der Waals surface area contributed by atoms with E-state index in [1.54, 1.807) is 12.1 Å². The van der Waals surface area contributed by atoms with Crippen molar-refractivity contribution in [2.75, 3.05) is 5.33 Å². The molecule has 0 radical (unpaired) electrons. The van der Waals surface area contributed by atoms with Crippen LogP contribution >= 0.6 is 27.5 Å². The SMILES string of the molecule is Cc1c(C(=O)CBr)c(Cl)c(C=CCC(C)(C)C#N)n1-c1ccc(C#N)cc1. The summed E-state index contributed by atoms with van der Waals surface area (Å²) in [5.41, 5.74) is 2.75. The molecule has 0 fully saturated rings. The Balaban J connectivity index is 2.62. The van der Waals surface area contributed by atoms with E-state index in [0.29, 0.717) is 28.3 Å². The molecule has 27 heavy (non-hydrogen) atoms. The first kappa shape index (κ1) is 21.0. The van der Waals surface area contributed by atoms with Gasteiger partial charge in [0.25, 0.3) is 0 Å². The summed E-state index contributed by atoms with van der Waals surface area (Å²) in [7, 11) is 0. The van der Waals surface area contributed by atoms with Crippen LogP contribution in [0.2, 0.25) is 5.02 Å². The minimum absolute atomic E-state index is 0.100. The largest absolute Gasteiger partial charge is 0.312 e. The molecule has 0 amide bonds. The van der Waals surface area contributed by atoms with Gasteiger partial charge in [0, 0.05) is 11.4 Å². The first-order valence-corrected chi connectivity index (χ1v) is 9.84. The van der Waals surface area contributed by atoms with E-state index in [4.69, 9.17) is 16.9 Å². The summed E-state index contributed by atoms with van der Waals surface area (Å²) in [4.78, 5) is 12.4. The van der Waals surface area contributed by atoms with Crippen LogP contribution in [0.1, 0.15) is 47.6 Å². The van der Waals surface area contributed by atoms with E-state index in [2.05, 4.69) is 28.1 Å². The van der Waals surface area contributed by atoms with Crippen LogP contribution in [-0.2, 0) is 0 Å². The van der Waals surface area contributed by atoms with Crippen molar-refractivity contribution >= 4 is 39.4 Å². The van der Waals surface area contributed by atoms with Crippen LogP contribution in [0.5, 0.6) is 0 Å². The minimum Gasteiger partial charge on any atom is -0.312 e. The molecular formula is C21H19BrClN3O. The number of rotatable bonds is 6. The van der Waals surface area contributed by atoms with Gasteiger partial charge in [0.2, 0.25) is 0 Å². The van der Waals surface area contributed by atoms with Crippen molar-refractivity contribution in [3.05, 3.63) is 57.9 Å². The maximum absolute atomic E-state index is 12.4. The topological polar surface area (TPSA) is 69.6 Å². The third kappa shape index (κ3) is 4.50. The van der Waals surface area contributed by atoms with Gasteiger partial charge in [-0.05, 0) is 57.5 Å². The molecule has 0 aliphatic heterocycles. The number of benzene rings is 1. The molecule has 0 spiro atoms. The number of nitriles is 2. The van der Waals surface area contributed by atoms with Crippen LogP contribution in [0.4, 0.5) is 0 Å². The highest BCUT2D eigenvalue weighted by atomic mass is 79.9. The Morgan fingerprint density at radius 3 is 2.44 bits per heavy atom. The average molecular weight is 445 g/mol. The molecule has 0 saturated carbocycles. The van der Waals surface area contributed by atoms with Crippen LogP contribution in [0, 0.1) is 35.0 Å². The molecule has 0 unspecified atom stereocenters. The van der Waals surface area contributed by atoms with Crippen LogP contribution in [0.3, 0.4) is 0 Å². The summed E-state index contributed by atoms with van der Waals surface area (Å²) < 4.78 is 1.90. The monoisotopic (exact) mass is 443 g/mol. The molecular weight excluding hydrogens is 426 g/mol. The molecule has 1 heterocycles. The molecule has 6 heteroatoms. The van der Waals surface area contributed by atoms with E-state index in [-0.39, 0.29) is 11.1 Å². The number of hydrogen-bond acceptors (Lipinski definition) is 3. The van der Waals surface area contributed by atoms with Gasteiger partial charge in [0.05, 0.1) is 44.7 Å². The van der Waals surface area contributed by atoms with Crippen molar-refractivity contribution in [3.63, 3.8) is 0 Å². The lowest BCUT2D eigenvalue weighted by atomic mass is 9.91. The molecule has 1 aromatic heterocycles. The van der Waals surface area contributed by atoms with Gasteiger partial charge in [-0.15, -0.1) is 0 Å². The number of nitrogens with zero attached hydrogens (tertiary/aromatic N) is 3. The molecule has 0 atom stereocenters. The fourth-order valence-corrected chi connectivity index (χ4v) is 3.41. The molecule has 2 rings (SSSR count). The zero-order valence-corrected chi connectivity index (χ0v) is 17.7. The smallest absolute Gasteiger partial charge is 0.176 e. The van der Waals surface area contributed by atoms with Gasteiger partial charge in [0.1, 0.15) is 0 Å². The van der Waals surface area contributed by atoms with Crippen LogP contribution in [0.15, 0.2) is 30.3 Å². The van der Waals surface area contributed by atoms with Crippen molar-refractivity contribution in [1.82, 2.24) is 4.57 Å². The Kier molecular flexibility index (Phi) is 6.65. The Morgan fingerprint density at radius 2 is 1.93 bits per heavy atom. The van der Waals surface area contributed by atoms with E-state index < -0.39 is 5.41 Å². The first-order valence-electron chi connectivity index (χ1n) is 8.34. The number of carbonyl (C=O) groups is 1. The minimum atomic E-state index is -0.488. The van der Waals surface area contributed by atoms with E-state index >= 15 is 0 Å². The Morgan fingerprint density at radius 1 is 1.30 bits per heavy atom. The van der Waals surface area contributed by atoms with Gasteiger partial charge in [-0.3, -0.25) is 4.79 Å². The fourth-order valence-electron chi connectivity index (χ4n) is 2.74. The highest BCUT2D eigenvalue weighted by molar-refractivity contribution is 9.09. The van der Waals surface area contributed by atoms with Gasteiger partial charge in [-0.1, -0.05) is 33.6 Å². The lowest BCUT2D eigenvalue weighted by Crippen LogP contribution is -2.05. The normalized spacial score (nSPS) is 11.4. The molecule has 4 nitrogen and oxygen atoms in total. The number of allylic oxidation sites excluding steroid dienone is 1. The number of Topliss-reactive ketones (excluding diaryl/α,β-unsaturated/α-hetero) is 1. The lowest BCUT2D eigenvalue weighted by molar-refractivity contribution is 0.102. The van der Waals surface area contributed by atoms with Gasteiger partial charge < -0.3 is 4.57 Å². The first-order chi connectivity index (χ1) is 12.8. The zero-order valence-electron chi connectivity index (χ0n) is 15.4. The third-order valence-electron chi connectivity index (χ3n) is 4.24. The predicted octanol–water partition coefficient (Wildman–Crippen LogP) is 5.84. The summed E-state index contributed by atoms with van der Waals surface area (Å²) in [5, 5.41) is 18.8. The van der Waals surface area contributed by atoms with Crippen LogP contribution in [0.25, 0.3) is 11.8 Å².